The number of pyridine rings is 1. The Labute approximate surface area is 223 Å². The molecule has 206 valence electrons. The van der Waals surface area contributed by atoms with Crippen molar-refractivity contribution in [3.05, 3.63) is 42.2 Å². The minimum Gasteiger partial charge on any atom is -0.466 e. The highest BCUT2D eigenvalue weighted by molar-refractivity contribution is 6.12. The molecule has 38 heavy (non-hydrogen) atoms. The number of nitrogens with one attached hydrogen (secondary N) is 1. The number of hydrogen-bond donors (Lipinski definition) is 1. The van der Waals surface area contributed by atoms with E-state index in [9.17, 15) is 18.8 Å². The highest BCUT2D eigenvalue weighted by Crippen LogP contribution is 2.35. The maximum Gasteiger partial charge on any atom is 0.308 e. The van der Waals surface area contributed by atoms with Crippen LogP contribution in [0.4, 0.5) is 4.39 Å². The van der Waals surface area contributed by atoms with Gasteiger partial charge in [0.05, 0.1) is 18.7 Å². The van der Waals surface area contributed by atoms with Gasteiger partial charge in [-0.25, -0.2) is 4.39 Å². The number of benzene rings is 1. The zero-order valence-electron chi connectivity index (χ0n) is 22.5. The van der Waals surface area contributed by atoms with Crippen LogP contribution in [0.2, 0.25) is 0 Å². The lowest BCUT2D eigenvalue weighted by molar-refractivity contribution is -0.153. The van der Waals surface area contributed by atoms with E-state index in [4.69, 9.17) is 9.57 Å². The number of halogens is 1. The van der Waals surface area contributed by atoms with Crippen molar-refractivity contribution in [3.8, 4) is 0 Å². The number of amides is 1. The van der Waals surface area contributed by atoms with E-state index in [-0.39, 0.29) is 18.9 Å². The number of ketones is 1. The van der Waals surface area contributed by atoms with Gasteiger partial charge in [-0.05, 0) is 17.9 Å². The van der Waals surface area contributed by atoms with Crippen molar-refractivity contribution in [3.63, 3.8) is 0 Å². The molecule has 0 fully saturated rings. The molecule has 8 nitrogen and oxygen atoms in total. The monoisotopic (exact) mass is 527 g/mol. The first-order valence-corrected chi connectivity index (χ1v) is 13.5. The fourth-order valence-electron chi connectivity index (χ4n) is 4.53. The van der Waals surface area contributed by atoms with Crippen LogP contribution in [0.1, 0.15) is 77.8 Å². The summed E-state index contributed by atoms with van der Waals surface area (Å²) in [5.41, 5.74) is -0.337. The van der Waals surface area contributed by atoms with Crippen LogP contribution in [0, 0.1) is 5.92 Å². The number of rotatable bonds is 15. The summed E-state index contributed by atoms with van der Waals surface area (Å²) in [6, 6.07) is 8.22. The number of aromatic nitrogens is 1. The van der Waals surface area contributed by atoms with Crippen molar-refractivity contribution in [1.29, 1.82) is 0 Å². The molecule has 1 aromatic carbocycles. The lowest BCUT2D eigenvalue weighted by Gasteiger charge is -2.30. The van der Waals surface area contributed by atoms with Crippen molar-refractivity contribution in [2.45, 2.75) is 83.8 Å². The second kappa shape index (κ2) is 14.0. The Balaban J connectivity index is 1.65. The van der Waals surface area contributed by atoms with Crippen LogP contribution in [0.15, 0.2) is 41.7 Å². The zero-order chi connectivity index (χ0) is 27.5. The van der Waals surface area contributed by atoms with Crippen molar-refractivity contribution in [1.82, 2.24) is 10.3 Å². The maximum atomic E-state index is 13.5. The van der Waals surface area contributed by atoms with Crippen LogP contribution in [0.3, 0.4) is 0 Å². The highest BCUT2D eigenvalue weighted by atomic mass is 19.1. The standard InChI is InChI=1S/C29H38FN3O5/c1-4-5-6-7-8-11-16-37-26(35)17-23(25(34)19-30)32-28(36)29(20(2)3)18-24(33-38-29)27-22-13-10-9-12-21(22)14-15-31-27/h9-10,12-15,20,23H,4-8,11,16-19H2,1-3H3,(H,32,36)/t23-,29+/m0/s1. The minimum absolute atomic E-state index is 0.108. The largest absolute Gasteiger partial charge is 0.466 e. The second-order valence-corrected chi connectivity index (χ2v) is 10.0. The van der Waals surface area contributed by atoms with Crippen molar-refractivity contribution in [2.24, 2.45) is 11.1 Å². The molecular formula is C29H38FN3O5. The smallest absolute Gasteiger partial charge is 0.308 e. The highest BCUT2D eigenvalue weighted by Gasteiger charge is 2.51. The molecule has 2 heterocycles. The molecule has 2 aromatic rings. The van der Waals surface area contributed by atoms with Gasteiger partial charge in [0.2, 0.25) is 5.60 Å². The quantitative estimate of drug-likeness (QED) is 0.256. The number of hydrogen-bond acceptors (Lipinski definition) is 7. The summed E-state index contributed by atoms with van der Waals surface area (Å²) in [6.45, 7) is 4.66. The van der Waals surface area contributed by atoms with E-state index >= 15 is 0 Å². The Morgan fingerprint density at radius 2 is 1.84 bits per heavy atom. The van der Waals surface area contributed by atoms with Gasteiger partial charge in [-0.2, -0.15) is 0 Å². The third-order valence-corrected chi connectivity index (χ3v) is 6.97. The molecule has 1 aliphatic rings. The zero-order valence-corrected chi connectivity index (χ0v) is 22.5. The summed E-state index contributed by atoms with van der Waals surface area (Å²) in [4.78, 5) is 48.4. The van der Waals surface area contributed by atoms with Gasteiger partial charge >= 0.3 is 5.97 Å². The molecule has 0 saturated carbocycles. The molecule has 0 radical (unpaired) electrons. The van der Waals surface area contributed by atoms with Crippen molar-refractivity contribution < 1.29 is 28.3 Å². The Morgan fingerprint density at radius 3 is 2.58 bits per heavy atom. The average molecular weight is 528 g/mol. The van der Waals surface area contributed by atoms with Crippen LogP contribution in [0.5, 0.6) is 0 Å². The summed E-state index contributed by atoms with van der Waals surface area (Å²) in [6.07, 6.45) is 7.54. The molecule has 0 bridgehead atoms. The first-order chi connectivity index (χ1) is 18.3. The van der Waals surface area contributed by atoms with Gasteiger partial charge in [0.1, 0.15) is 18.4 Å². The van der Waals surface area contributed by atoms with E-state index in [0.29, 0.717) is 11.4 Å². The number of esters is 1. The molecule has 0 unspecified atom stereocenters. The van der Waals surface area contributed by atoms with E-state index in [1.165, 1.54) is 6.42 Å². The third kappa shape index (κ3) is 7.14. The Hall–Kier alpha value is -3.36. The first kappa shape index (κ1) is 29.2. The molecule has 1 N–H and O–H groups in total. The van der Waals surface area contributed by atoms with Crippen LogP contribution in [0.25, 0.3) is 10.8 Å². The van der Waals surface area contributed by atoms with Gasteiger partial charge in [0.15, 0.2) is 5.78 Å². The van der Waals surface area contributed by atoms with E-state index in [1.807, 2.05) is 30.3 Å². The fraction of sp³-hybridized carbons (Fsp3) is 0.552. The Morgan fingerprint density at radius 1 is 1.11 bits per heavy atom. The summed E-state index contributed by atoms with van der Waals surface area (Å²) in [7, 11) is 0. The number of alkyl halides is 1. The molecule has 0 saturated heterocycles. The number of Topliss-reactive ketones (excluding diaryl/α,β-unsaturated/α-hetero) is 1. The molecule has 3 rings (SSSR count). The van der Waals surface area contributed by atoms with Gasteiger partial charge in [0.25, 0.3) is 5.91 Å². The van der Waals surface area contributed by atoms with E-state index in [1.54, 1.807) is 20.0 Å². The number of carbonyl (C=O) groups is 3. The summed E-state index contributed by atoms with van der Waals surface area (Å²) in [5.74, 6) is -2.54. The normalized spacial score (nSPS) is 17.7. The summed E-state index contributed by atoms with van der Waals surface area (Å²) in [5, 5.41) is 8.60. The topological polar surface area (TPSA) is 107 Å². The third-order valence-electron chi connectivity index (χ3n) is 6.97. The van der Waals surface area contributed by atoms with Crippen molar-refractivity contribution >= 4 is 34.1 Å². The molecule has 1 amide bonds. The van der Waals surface area contributed by atoms with Crippen LogP contribution in [-0.4, -0.2) is 53.3 Å². The predicted molar refractivity (Wildman–Crippen MR) is 143 cm³/mol. The number of ether oxygens (including phenoxy) is 1. The second-order valence-electron chi connectivity index (χ2n) is 10.0. The molecule has 9 heteroatoms. The number of fused-ring (bicyclic) bond motifs is 1. The molecular weight excluding hydrogens is 489 g/mol. The molecule has 1 aliphatic heterocycles. The summed E-state index contributed by atoms with van der Waals surface area (Å²) < 4.78 is 18.6. The Kier molecular flexibility index (Phi) is 10.7. The van der Waals surface area contributed by atoms with E-state index in [0.717, 1.165) is 42.9 Å². The van der Waals surface area contributed by atoms with Crippen LogP contribution < -0.4 is 5.32 Å². The van der Waals surface area contributed by atoms with Crippen LogP contribution in [-0.2, 0) is 24.0 Å². The van der Waals surface area contributed by atoms with Crippen molar-refractivity contribution in [2.75, 3.05) is 13.3 Å². The number of unbranched alkanes of at least 4 members (excludes halogenated alkanes) is 5. The maximum absolute atomic E-state index is 13.5. The van der Waals surface area contributed by atoms with Gasteiger partial charge in [-0.1, -0.05) is 82.3 Å². The number of nitrogens with zero attached hydrogens (tertiary/aromatic N) is 2. The minimum atomic E-state index is -1.44. The SMILES string of the molecule is CCCCCCCCOC(=O)C[C@H](NC(=O)[C@]1(C(C)C)CC(c2nccc3ccccc23)=NO1)C(=O)CF. The lowest BCUT2D eigenvalue weighted by atomic mass is 9.83. The lowest BCUT2D eigenvalue weighted by Crippen LogP contribution is -2.55. The first-order valence-electron chi connectivity index (χ1n) is 13.5. The molecule has 2 atom stereocenters. The average Bonchev–Trinajstić information content (AvgIpc) is 3.38. The predicted octanol–water partition coefficient (Wildman–Crippen LogP) is 5.07. The van der Waals surface area contributed by atoms with Crippen LogP contribution >= 0.6 is 0 Å². The molecule has 1 aromatic heterocycles. The number of carbonyl (C=O) groups excluding carboxylic acids is 3. The molecule has 0 aliphatic carbocycles. The number of oxime groups is 1. The van der Waals surface area contributed by atoms with E-state index < -0.39 is 42.4 Å². The van der Waals surface area contributed by atoms with Gasteiger partial charge in [0, 0.05) is 23.9 Å². The molecule has 0 spiro atoms. The Bertz CT molecular complexity index is 1150. The summed E-state index contributed by atoms with van der Waals surface area (Å²) >= 11 is 0. The van der Waals surface area contributed by atoms with Gasteiger partial charge in [-0.3, -0.25) is 19.4 Å². The van der Waals surface area contributed by atoms with E-state index in [2.05, 4.69) is 22.4 Å². The fourth-order valence-corrected chi connectivity index (χ4v) is 4.53. The van der Waals surface area contributed by atoms with Gasteiger partial charge in [-0.15, -0.1) is 0 Å². The van der Waals surface area contributed by atoms with Gasteiger partial charge < -0.3 is 14.9 Å².